The number of benzene rings is 2. The summed E-state index contributed by atoms with van der Waals surface area (Å²) >= 11 is 5.68. The van der Waals surface area contributed by atoms with Crippen molar-refractivity contribution in [3.8, 4) is 0 Å². The number of halogens is 3. The first kappa shape index (κ1) is 23.1. The van der Waals surface area contributed by atoms with Gasteiger partial charge in [0.05, 0.1) is 10.7 Å². The Morgan fingerprint density at radius 3 is 2.53 bits per heavy atom. The van der Waals surface area contributed by atoms with Crippen molar-refractivity contribution in [3.63, 3.8) is 0 Å². The van der Waals surface area contributed by atoms with Crippen LogP contribution in [0, 0.1) is 11.6 Å². The number of carbonyl (C=O) groups is 2. The highest BCUT2D eigenvalue weighted by Crippen LogP contribution is 2.28. The predicted molar refractivity (Wildman–Crippen MR) is 114 cm³/mol. The molecule has 1 heterocycles. The Bertz CT molecular complexity index is 1130. The molecule has 0 saturated heterocycles. The molecule has 32 heavy (non-hydrogen) atoms. The number of nitrogens with two attached hydrogens (primary N) is 1. The third kappa shape index (κ3) is 5.98. The number of primary amides is 1. The molecule has 0 bridgehead atoms. The summed E-state index contributed by atoms with van der Waals surface area (Å²) < 4.78 is 31.2. The van der Waals surface area contributed by atoms with E-state index >= 15 is 0 Å². The topological polar surface area (TPSA) is 107 Å². The molecule has 0 spiro atoms. The van der Waals surface area contributed by atoms with Gasteiger partial charge in [0.2, 0.25) is 0 Å². The van der Waals surface area contributed by atoms with Gasteiger partial charge in [0.1, 0.15) is 24.6 Å². The Kier molecular flexibility index (Phi) is 7.67. The van der Waals surface area contributed by atoms with Gasteiger partial charge in [-0.05, 0) is 66.8 Å². The Morgan fingerprint density at radius 1 is 1.09 bits per heavy atom. The normalized spacial score (nSPS) is 11.7. The van der Waals surface area contributed by atoms with E-state index in [1.165, 1.54) is 36.7 Å². The number of rotatable bonds is 4. The molecule has 2 aromatic carbocycles. The Labute approximate surface area is 187 Å². The smallest absolute Gasteiger partial charge is 0.404 e. The molecular weight excluding hydrogens is 442 g/mol. The third-order valence-corrected chi connectivity index (χ3v) is 4.94. The van der Waals surface area contributed by atoms with E-state index in [1.54, 1.807) is 12.3 Å². The molecule has 0 radical (unpaired) electrons. The van der Waals surface area contributed by atoms with Gasteiger partial charge in [0, 0.05) is 17.4 Å². The van der Waals surface area contributed by atoms with Crippen LogP contribution in [0.25, 0.3) is 0 Å². The number of hydrogen-bond donors (Lipinski definition) is 2. The predicted octanol–water partition coefficient (Wildman–Crippen LogP) is 4.43. The molecule has 1 aliphatic rings. The maximum atomic E-state index is 13.7. The van der Waals surface area contributed by atoms with Crippen LogP contribution in [-0.2, 0) is 24.2 Å². The van der Waals surface area contributed by atoms with Crippen molar-refractivity contribution < 1.29 is 23.1 Å². The van der Waals surface area contributed by atoms with Crippen LogP contribution in [0.3, 0.4) is 0 Å². The lowest BCUT2D eigenvalue weighted by atomic mass is 10.0. The number of nitrogens with zero attached hydrogens (tertiary/aromatic N) is 2. The second-order valence-electron chi connectivity index (χ2n) is 6.80. The molecular formula is C22H19ClF2N4O3. The van der Waals surface area contributed by atoms with Crippen LogP contribution in [0.1, 0.15) is 33.6 Å². The number of ether oxygens (including phenoxy) is 1. The molecule has 1 aromatic heterocycles. The summed E-state index contributed by atoms with van der Waals surface area (Å²) in [6.07, 6.45) is 4.33. The van der Waals surface area contributed by atoms with Crippen molar-refractivity contribution in [3.05, 3.63) is 88.0 Å². The maximum absolute atomic E-state index is 13.7. The zero-order valence-electron chi connectivity index (χ0n) is 16.8. The Morgan fingerprint density at radius 2 is 1.84 bits per heavy atom. The average molecular weight is 461 g/mol. The fourth-order valence-electron chi connectivity index (χ4n) is 3.20. The molecule has 4 rings (SSSR count). The van der Waals surface area contributed by atoms with Gasteiger partial charge in [-0.1, -0.05) is 11.6 Å². The molecule has 0 aliphatic heterocycles. The highest BCUT2D eigenvalue weighted by atomic mass is 35.5. The fraction of sp³-hybridized carbons (Fsp3) is 0.182. The molecule has 3 N–H and O–H groups in total. The Hall–Kier alpha value is -3.59. The number of amides is 2. The minimum absolute atomic E-state index is 0.0582. The van der Waals surface area contributed by atoms with E-state index in [9.17, 15) is 18.4 Å². The van der Waals surface area contributed by atoms with Crippen LogP contribution in [0.2, 0.25) is 5.02 Å². The number of aromatic nitrogens is 2. The first-order chi connectivity index (χ1) is 15.3. The maximum Gasteiger partial charge on any atom is 0.404 e. The molecule has 0 atom stereocenters. The van der Waals surface area contributed by atoms with E-state index in [-0.39, 0.29) is 23.4 Å². The van der Waals surface area contributed by atoms with Gasteiger partial charge in [-0.25, -0.2) is 23.5 Å². The van der Waals surface area contributed by atoms with Gasteiger partial charge in [-0.15, -0.1) is 0 Å². The molecule has 7 nitrogen and oxygen atoms in total. The number of fused-ring (bicyclic) bond motifs is 1. The number of carbonyl (C=O) groups excluding carboxylic acids is 2. The summed E-state index contributed by atoms with van der Waals surface area (Å²) in [6, 6.07) is 8.41. The fourth-order valence-corrected chi connectivity index (χ4v) is 3.38. The summed E-state index contributed by atoms with van der Waals surface area (Å²) in [6.45, 7) is 0.0951. The first-order valence-corrected chi connectivity index (χ1v) is 9.96. The molecule has 10 heteroatoms. The number of anilines is 1. The van der Waals surface area contributed by atoms with E-state index in [2.05, 4.69) is 20.0 Å². The molecule has 3 aromatic rings. The highest BCUT2D eigenvalue weighted by Gasteiger charge is 2.22. The lowest BCUT2D eigenvalue weighted by molar-refractivity contribution is 0.102. The number of hydrogen-bond acceptors (Lipinski definition) is 5. The lowest BCUT2D eigenvalue weighted by Gasteiger charge is -2.10. The molecule has 2 amide bonds. The third-order valence-electron chi connectivity index (χ3n) is 4.66. The zero-order chi connectivity index (χ0) is 23.1. The van der Waals surface area contributed by atoms with E-state index in [0.29, 0.717) is 35.3 Å². The summed E-state index contributed by atoms with van der Waals surface area (Å²) in [4.78, 5) is 29.9. The molecule has 166 valence electrons. The highest BCUT2D eigenvalue weighted by molar-refractivity contribution is 6.31. The SMILES string of the molecule is NC(=O)OCc1ccncn1.O=C(Nc1ccc(F)c(Cl)c1)c1ccc(F)c2c1CCC2. The minimum Gasteiger partial charge on any atom is -0.443 e. The quantitative estimate of drug-likeness (QED) is 0.598. The molecule has 0 fully saturated rings. The van der Waals surface area contributed by atoms with Gasteiger partial charge in [0.15, 0.2) is 0 Å². The molecule has 0 unspecified atom stereocenters. The van der Waals surface area contributed by atoms with Crippen LogP contribution < -0.4 is 11.1 Å². The van der Waals surface area contributed by atoms with Gasteiger partial charge in [-0.3, -0.25) is 4.79 Å². The largest absolute Gasteiger partial charge is 0.443 e. The van der Waals surface area contributed by atoms with Crippen molar-refractivity contribution in [2.24, 2.45) is 5.73 Å². The lowest BCUT2D eigenvalue weighted by Crippen LogP contribution is -2.14. The van der Waals surface area contributed by atoms with Crippen LogP contribution >= 0.6 is 11.6 Å². The monoisotopic (exact) mass is 460 g/mol. The Balaban J connectivity index is 0.000000222. The van der Waals surface area contributed by atoms with E-state index in [0.717, 1.165) is 12.0 Å². The standard InChI is InChI=1S/C16H12ClF2NO.C6H7N3O2/c17-13-8-9(4-6-15(13)19)20-16(21)12-5-7-14(18)11-3-1-2-10(11)12;7-6(10)11-3-5-1-2-8-4-9-5/h4-8H,1-3H2,(H,20,21);1-2,4H,3H2,(H2,7,10). The second kappa shape index (κ2) is 10.6. The first-order valence-electron chi connectivity index (χ1n) is 9.59. The van der Waals surface area contributed by atoms with Crippen LogP contribution in [-0.4, -0.2) is 22.0 Å². The van der Waals surface area contributed by atoms with Crippen LogP contribution in [0.15, 0.2) is 48.9 Å². The molecule has 1 aliphatic carbocycles. The number of nitrogens with one attached hydrogen (secondary N) is 1. The van der Waals surface area contributed by atoms with Gasteiger partial charge in [-0.2, -0.15) is 0 Å². The van der Waals surface area contributed by atoms with Crippen molar-refractivity contribution in [1.82, 2.24) is 9.97 Å². The molecule has 0 saturated carbocycles. The van der Waals surface area contributed by atoms with Crippen LogP contribution in [0.5, 0.6) is 0 Å². The van der Waals surface area contributed by atoms with Gasteiger partial charge >= 0.3 is 6.09 Å². The van der Waals surface area contributed by atoms with Gasteiger partial charge in [0.25, 0.3) is 5.91 Å². The van der Waals surface area contributed by atoms with Crippen molar-refractivity contribution >= 4 is 29.3 Å². The van der Waals surface area contributed by atoms with E-state index in [4.69, 9.17) is 17.3 Å². The van der Waals surface area contributed by atoms with E-state index < -0.39 is 11.9 Å². The zero-order valence-corrected chi connectivity index (χ0v) is 17.5. The van der Waals surface area contributed by atoms with Crippen molar-refractivity contribution in [2.45, 2.75) is 25.9 Å². The second-order valence-corrected chi connectivity index (χ2v) is 7.20. The summed E-state index contributed by atoms with van der Waals surface area (Å²) in [5.41, 5.74) is 7.62. The summed E-state index contributed by atoms with van der Waals surface area (Å²) in [5.74, 6) is -1.14. The minimum atomic E-state index is -0.802. The van der Waals surface area contributed by atoms with Crippen LogP contribution in [0.4, 0.5) is 19.3 Å². The summed E-state index contributed by atoms with van der Waals surface area (Å²) in [7, 11) is 0. The van der Waals surface area contributed by atoms with Crippen molar-refractivity contribution in [2.75, 3.05) is 5.32 Å². The van der Waals surface area contributed by atoms with Crippen molar-refractivity contribution in [1.29, 1.82) is 0 Å². The van der Waals surface area contributed by atoms with Gasteiger partial charge < -0.3 is 15.8 Å². The summed E-state index contributed by atoms with van der Waals surface area (Å²) in [5, 5.41) is 2.60. The average Bonchev–Trinajstić information content (AvgIpc) is 3.27. The van der Waals surface area contributed by atoms with E-state index in [1.807, 2.05) is 0 Å².